The Morgan fingerprint density at radius 1 is 0.254 bits per heavy atom. The van der Waals surface area contributed by atoms with Crippen molar-refractivity contribution in [3.8, 4) is 5.75 Å². The van der Waals surface area contributed by atoms with Gasteiger partial charge < -0.3 is 121 Å². The zero-order chi connectivity index (χ0) is 93.9. The third kappa shape index (κ3) is 33.9. The van der Waals surface area contributed by atoms with Gasteiger partial charge >= 0.3 is 89.5 Å². The fourth-order valence-electron chi connectivity index (χ4n) is 12.4. The highest BCUT2D eigenvalue weighted by Gasteiger charge is 2.57. The predicted molar refractivity (Wildman–Crippen MR) is 416 cm³/mol. The predicted octanol–water partition coefficient (Wildman–Crippen LogP) is 1.13. The third-order valence-electron chi connectivity index (χ3n) is 17.1. The maximum atomic E-state index is 12.8. The van der Waals surface area contributed by atoms with Gasteiger partial charge in [-0.1, -0.05) is 66.7 Å². The van der Waals surface area contributed by atoms with E-state index in [-0.39, 0.29) is 42.3 Å². The average Bonchev–Trinajstić information content (AvgIpc) is 0.790. The van der Waals surface area contributed by atoms with Crippen LogP contribution in [0.2, 0.25) is 0 Å². The number of carbonyl (C=O) groups excluding carboxylic acids is 19. The van der Waals surface area contributed by atoms with Crippen molar-refractivity contribution in [2.45, 2.75) is 226 Å². The van der Waals surface area contributed by atoms with Gasteiger partial charge in [0.05, 0.1) is 5.56 Å². The summed E-state index contributed by atoms with van der Waals surface area (Å²) in [5, 5.41) is 30.7. The average molecular weight is 1780 g/mol. The molecular formula is C82H98N4O40. The summed E-state index contributed by atoms with van der Waals surface area (Å²) in [6.07, 6.45) is -21.1. The number of phenols is 1. The Bertz CT molecular complexity index is 4350. The van der Waals surface area contributed by atoms with Crippen LogP contribution in [-0.2, 0) is 162 Å². The number of aliphatic hydroxyl groups excluding tert-OH is 1. The van der Waals surface area contributed by atoms with Crippen LogP contribution in [0.15, 0.2) is 115 Å². The number of ether oxygens (including phenoxy) is 19. The Morgan fingerprint density at radius 2 is 0.460 bits per heavy atom. The van der Waals surface area contributed by atoms with Gasteiger partial charge in [0, 0.05) is 121 Å². The molecule has 0 radical (unpaired) electrons. The van der Waals surface area contributed by atoms with Crippen molar-refractivity contribution in [3.05, 3.63) is 138 Å². The first kappa shape index (κ1) is 103. The van der Waals surface area contributed by atoms with Crippen molar-refractivity contribution in [1.29, 1.82) is 0 Å². The lowest BCUT2D eigenvalue weighted by Gasteiger charge is -2.44. The molecule has 4 aliphatic heterocycles. The number of esters is 15. The van der Waals surface area contributed by atoms with Crippen LogP contribution in [0, 0.1) is 0 Å². The fourth-order valence-corrected chi connectivity index (χ4v) is 12.4. The largest absolute Gasteiger partial charge is 0.507 e. The number of amides is 4. The van der Waals surface area contributed by atoms with Crippen molar-refractivity contribution in [2.75, 3.05) is 26.4 Å². The lowest BCUT2D eigenvalue weighted by molar-refractivity contribution is -0.270. The van der Waals surface area contributed by atoms with E-state index in [2.05, 4.69) is 21.3 Å². The normalized spacial score (nSPS) is 24.8. The van der Waals surface area contributed by atoms with Gasteiger partial charge in [-0.05, 0) is 48.5 Å². The van der Waals surface area contributed by atoms with Crippen molar-refractivity contribution in [1.82, 2.24) is 21.3 Å². The van der Waals surface area contributed by atoms with E-state index in [1.807, 2.05) is 0 Å². The highest BCUT2D eigenvalue weighted by Crippen LogP contribution is 2.34. The second-order valence-corrected chi connectivity index (χ2v) is 27.4. The summed E-state index contributed by atoms with van der Waals surface area (Å²) in [7, 11) is 0. The summed E-state index contributed by atoms with van der Waals surface area (Å²) < 4.78 is 100. The molecule has 4 saturated heterocycles. The van der Waals surface area contributed by atoms with Gasteiger partial charge in [-0.3, -0.25) is 91.1 Å². The molecule has 17 unspecified atom stereocenters. The first-order chi connectivity index (χ1) is 59.3. The molecule has 4 aromatic rings. The Kier molecular flexibility index (Phi) is 41.1. The zero-order valence-corrected chi connectivity index (χ0v) is 70.8. The van der Waals surface area contributed by atoms with E-state index in [1.165, 1.54) is 45.0 Å². The topological polar surface area (TPSA) is 588 Å². The molecule has 44 heteroatoms. The number of nitrogens with one attached hydrogen (secondary N) is 4. The number of aliphatic hydroxyl groups is 1. The molecule has 126 heavy (non-hydrogen) atoms. The minimum atomic E-state index is -1.63. The Labute approximate surface area is 719 Å². The zero-order valence-electron chi connectivity index (χ0n) is 70.8. The summed E-state index contributed by atoms with van der Waals surface area (Å²) in [6.45, 7) is 15.4. The molecule has 0 saturated carbocycles. The molecule has 0 aliphatic carbocycles. The number of para-hydroxylation sites is 1. The second kappa shape index (κ2) is 50.2. The molecule has 0 aromatic heterocycles. The van der Waals surface area contributed by atoms with E-state index in [4.69, 9.17) is 90.0 Å². The monoisotopic (exact) mass is 1780 g/mol. The first-order valence-electron chi connectivity index (χ1n) is 38.2. The molecule has 4 aliphatic rings. The van der Waals surface area contributed by atoms with E-state index in [0.717, 1.165) is 83.1 Å². The second-order valence-electron chi connectivity index (χ2n) is 27.4. The van der Waals surface area contributed by atoms with Gasteiger partial charge in [0.15, 0.2) is 55.1 Å². The molecule has 0 bridgehead atoms. The van der Waals surface area contributed by atoms with Gasteiger partial charge in [0.1, 0.15) is 80.8 Å². The van der Waals surface area contributed by atoms with Gasteiger partial charge in [-0.15, -0.1) is 0 Å². The van der Waals surface area contributed by atoms with Crippen LogP contribution < -0.4 is 21.3 Å². The van der Waals surface area contributed by atoms with Crippen molar-refractivity contribution in [2.24, 2.45) is 0 Å². The maximum absolute atomic E-state index is 12.8. The summed E-state index contributed by atoms with van der Waals surface area (Å²) >= 11 is 0. The summed E-state index contributed by atoms with van der Waals surface area (Å²) in [5.74, 6) is -13.7. The van der Waals surface area contributed by atoms with E-state index < -0.39 is 242 Å². The van der Waals surface area contributed by atoms with Gasteiger partial charge in [-0.25, -0.2) is 0 Å². The van der Waals surface area contributed by atoms with Crippen LogP contribution in [-0.4, -0.2) is 272 Å². The molecule has 686 valence electrons. The number of benzene rings is 4. The Hall–Kier alpha value is -13.6. The van der Waals surface area contributed by atoms with Crippen LogP contribution in [0.25, 0.3) is 0 Å². The third-order valence-corrected chi connectivity index (χ3v) is 17.1. The van der Waals surface area contributed by atoms with Crippen molar-refractivity contribution >= 4 is 113 Å². The molecular weight excluding hydrogens is 1680 g/mol. The lowest BCUT2D eigenvalue weighted by atomic mass is 9.95. The molecule has 4 amide bonds. The van der Waals surface area contributed by atoms with Gasteiger partial charge in [0.25, 0.3) is 23.6 Å². The maximum Gasteiger partial charge on any atom is 0.305 e. The highest BCUT2D eigenvalue weighted by molar-refractivity contribution is 5.98. The molecule has 4 fully saturated rings. The van der Waals surface area contributed by atoms with E-state index >= 15 is 0 Å². The fraction of sp³-hybridized carbons (Fsp3) is 0.476. The summed E-state index contributed by atoms with van der Waals surface area (Å²) in [4.78, 5) is 225. The first-order valence-corrected chi connectivity index (χ1v) is 38.2. The molecule has 0 spiro atoms. The van der Waals surface area contributed by atoms with Crippen LogP contribution in [0.4, 0.5) is 0 Å². The molecule has 44 nitrogen and oxygen atoms in total. The summed E-state index contributed by atoms with van der Waals surface area (Å²) in [5.41, 5.74) is 0.738. The molecule has 8 rings (SSSR count). The van der Waals surface area contributed by atoms with Crippen molar-refractivity contribution in [3.63, 3.8) is 0 Å². The molecule has 20 atom stereocenters. The highest BCUT2D eigenvalue weighted by atomic mass is 16.8. The number of hydrogen-bond donors (Lipinski definition) is 6. The number of carbonyl (C=O) groups is 19. The van der Waals surface area contributed by atoms with Gasteiger partial charge in [0.2, 0.25) is 18.9 Å². The standard InChI is InChI=1S/C21H25NO11.2C21H25NO10.C19H23NO9/c1-10(23)29-9-16-18(30-11(2)24)19(31-12(3)25)17(21(33-16)32-13(4)26)22-20(28)14-7-5-6-8-15(14)27;2*1-11(23)28-10-16-18(29-12(2)24)19(30-13(3)25)17(21(32-16)31-14(4)26)22-20(27)15-8-6-5-7-9-15;1-10(21)26-9-14-16(27-11(2)22)17(28-12(3)23)15(19(25)29-14)20-18(24)13-7-5-4-6-8-13/h5-8,16-19,21,27H,9H2,1-4H3,(H,22,28);2*5-9,16-19,21H,10H2,1-4H3,(H,22,27);4-8,14-17,19,25H,9H2,1-3H3,(H,20,24)/t;16?,17-,18-,19+,21?;;/m.0../s1. The Balaban J connectivity index is 0.000000298. The lowest BCUT2D eigenvalue weighted by Crippen LogP contribution is -2.67. The summed E-state index contributed by atoms with van der Waals surface area (Å²) in [6, 6.07) is 24.9. The molecule has 6 N–H and O–H groups in total. The SMILES string of the molecule is CC(=O)OCC1OC(O)C(NC(=O)c2ccccc2)C(OC(C)=O)C1OC(C)=O.CC(=O)OCC1OC(OC(C)=O)C(NC(=O)c2ccccc2)C(OC(C)=O)C1OC(C)=O.CC(=O)OCC1OC(OC(C)=O)C(NC(=O)c2ccccc2O)C(OC(C)=O)C1OC(C)=O.CC(=O)OCC1OC(OC(C)=O)[C@@H](NC(=O)c2ccccc2)[C@@H](OC(C)=O)[C@H]1OC(C)=O. The van der Waals surface area contributed by atoms with E-state index in [9.17, 15) is 101 Å². The number of rotatable bonds is 27. The van der Waals surface area contributed by atoms with Crippen LogP contribution in [0.5, 0.6) is 5.75 Å². The smallest absolute Gasteiger partial charge is 0.305 e. The van der Waals surface area contributed by atoms with Crippen molar-refractivity contribution < 1.29 is 191 Å². The molecule has 4 heterocycles. The van der Waals surface area contributed by atoms with Gasteiger partial charge in [-0.2, -0.15) is 0 Å². The Morgan fingerprint density at radius 3 is 0.698 bits per heavy atom. The van der Waals surface area contributed by atoms with E-state index in [1.54, 1.807) is 91.0 Å². The minimum absolute atomic E-state index is 0.119. The van der Waals surface area contributed by atoms with Crippen LogP contribution in [0.3, 0.4) is 0 Å². The quantitative estimate of drug-likeness (QED) is 0.0360. The number of hydrogen-bond acceptors (Lipinski definition) is 40. The number of aromatic hydroxyl groups is 1. The minimum Gasteiger partial charge on any atom is -0.507 e. The van der Waals surface area contributed by atoms with Crippen LogP contribution in [0.1, 0.15) is 145 Å². The van der Waals surface area contributed by atoms with Crippen LogP contribution >= 0.6 is 0 Å². The van der Waals surface area contributed by atoms with E-state index in [0.29, 0.717) is 5.56 Å². The number of phenolic OH excluding ortho intramolecular Hbond substituents is 1. The molecule has 4 aromatic carbocycles.